The standard InChI is InChI=1S/C18H26N2O4S/c1-14-4-3-9-19(12-14)18(21)16-5-7-17(8-6-16)25(22,23)20-10-11-24-13-15(20)2/h5-8,14-15H,3-4,9-13H2,1-2H3. The summed E-state index contributed by atoms with van der Waals surface area (Å²) in [6, 6.07) is 6.14. The zero-order valence-electron chi connectivity index (χ0n) is 14.8. The molecule has 2 heterocycles. The van der Waals surface area contributed by atoms with Crippen molar-refractivity contribution in [1.82, 2.24) is 9.21 Å². The molecule has 1 aromatic rings. The third-order valence-corrected chi connectivity index (χ3v) is 6.99. The summed E-state index contributed by atoms with van der Waals surface area (Å²) in [6.45, 7) is 6.70. The number of benzene rings is 1. The monoisotopic (exact) mass is 366 g/mol. The van der Waals surface area contributed by atoms with E-state index < -0.39 is 10.0 Å². The maximum Gasteiger partial charge on any atom is 0.253 e. The quantitative estimate of drug-likeness (QED) is 0.820. The largest absolute Gasteiger partial charge is 0.378 e. The van der Waals surface area contributed by atoms with Crippen molar-refractivity contribution >= 4 is 15.9 Å². The van der Waals surface area contributed by atoms with Crippen LogP contribution in [0.25, 0.3) is 0 Å². The lowest BCUT2D eigenvalue weighted by Crippen LogP contribution is -2.46. The molecule has 2 unspecified atom stereocenters. The van der Waals surface area contributed by atoms with Crippen molar-refractivity contribution in [3.8, 4) is 0 Å². The Hall–Kier alpha value is -1.44. The lowest BCUT2D eigenvalue weighted by Gasteiger charge is -2.32. The first kappa shape index (κ1) is 18.4. The van der Waals surface area contributed by atoms with E-state index in [2.05, 4.69) is 6.92 Å². The van der Waals surface area contributed by atoms with Crippen molar-refractivity contribution in [2.45, 2.75) is 37.6 Å². The molecule has 2 saturated heterocycles. The van der Waals surface area contributed by atoms with E-state index >= 15 is 0 Å². The van der Waals surface area contributed by atoms with Gasteiger partial charge in [0.15, 0.2) is 0 Å². The second-order valence-corrected chi connectivity index (χ2v) is 8.95. The van der Waals surface area contributed by atoms with Gasteiger partial charge in [-0.15, -0.1) is 0 Å². The number of morpholine rings is 1. The number of rotatable bonds is 3. The molecule has 0 radical (unpaired) electrons. The highest BCUT2D eigenvalue weighted by molar-refractivity contribution is 7.89. The minimum absolute atomic E-state index is 0.0183. The number of ether oxygens (including phenoxy) is 1. The third-order valence-electron chi connectivity index (χ3n) is 4.96. The van der Waals surface area contributed by atoms with Gasteiger partial charge in [0.1, 0.15) is 0 Å². The van der Waals surface area contributed by atoms with Crippen molar-refractivity contribution in [1.29, 1.82) is 0 Å². The fourth-order valence-electron chi connectivity index (χ4n) is 3.53. The molecular formula is C18H26N2O4S. The molecule has 1 amide bonds. The summed E-state index contributed by atoms with van der Waals surface area (Å²) >= 11 is 0. The van der Waals surface area contributed by atoms with Crippen LogP contribution >= 0.6 is 0 Å². The summed E-state index contributed by atoms with van der Waals surface area (Å²) in [5.41, 5.74) is 0.545. The minimum atomic E-state index is -3.56. The predicted octanol–water partition coefficient (Wildman–Crippen LogP) is 1.97. The number of carbonyl (C=O) groups is 1. The number of piperidine rings is 1. The average Bonchev–Trinajstić information content (AvgIpc) is 2.61. The highest BCUT2D eigenvalue weighted by Gasteiger charge is 2.31. The Labute approximate surface area is 149 Å². The highest BCUT2D eigenvalue weighted by atomic mass is 32.2. The van der Waals surface area contributed by atoms with Crippen LogP contribution in [0.3, 0.4) is 0 Å². The minimum Gasteiger partial charge on any atom is -0.378 e. The van der Waals surface area contributed by atoms with E-state index in [4.69, 9.17) is 4.74 Å². The fraction of sp³-hybridized carbons (Fsp3) is 0.611. The van der Waals surface area contributed by atoms with Crippen LogP contribution in [0, 0.1) is 5.92 Å². The van der Waals surface area contributed by atoms with E-state index in [0.717, 1.165) is 25.9 Å². The van der Waals surface area contributed by atoms with E-state index in [1.807, 2.05) is 11.8 Å². The highest BCUT2D eigenvalue weighted by Crippen LogP contribution is 2.22. The number of hydrogen-bond acceptors (Lipinski definition) is 4. The van der Waals surface area contributed by atoms with Gasteiger partial charge in [-0.05, 0) is 49.9 Å². The third kappa shape index (κ3) is 3.88. The Bertz CT molecular complexity index is 717. The molecule has 0 N–H and O–H groups in total. The Kier molecular flexibility index (Phi) is 5.46. The van der Waals surface area contributed by atoms with Gasteiger partial charge < -0.3 is 9.64 Å². The number of likely N-dealkylation sites (tertiary alicyclic amines) is 1. The van der Waals surface area contributed by atoms with Crippen molar-refractivity contribution in [2.24, 2.45) is 5.92 Å². The van der Waals surface area contributed by atoms with Crippen molar-refractivity contribution in [2.75, 3.05) is 32.8 Å². The molecule has 138 valence electrons. The molecule has 2 fully saturated rings. The van der Waals surface area contributed by atoms with Crippen molar-refractivity contribution in [3.63, 3.8) is 0 Å². The molecular weight excluding hydrogens is 340 g/mol. The summed E-state index contributed by atoms with van der Waals surface area (Å²) in [6.07, 6.45) is 2.17. The lowest BCUT2D eigenvalue weighted by molar-refractivity contribution is 0.0393. The van der Waals surface area contributed by atoms with E-state index in [-0.39, 0.29) is 16.8 Å². The van der Waals surface area contributed by atoms with Gasteiger partial charge in [-0.2, -0.15) is 4.31 Å². The topological polar surface area (TPSA) is 66.9 Å². The Morgan fingerprint density at radius 3 is 2.52 bits per heavy atom. The summed E-state index contributed by atoms with van der Waals surface area (Å²) in [5, 5.41) is 0. The predicted molar refractivity (Wildman–Crippen MR) is 94.9 cm³/mol. The van der Waals surface area contributed by atoms with Crippen LogP contribution in [0.2, 0.25) is 0 Å². The Morgan fingerprint density at radius 2 is 1.88 bits per heavy atom. The van der Waals surface area contributed by atoms with Crippen LogP contribution < -0.4 is 0 Å². The molecule has 2 aliphatic rings. The van der Waals surface area contributed by atoms with Crippen LogP contribution in [-0.2, 0) is 14.8 Å². The lowest BCUT2D eigenvalue weighted by atomic mass is 9.99. The van der Waals surface area contributed by atoms with Crippen LogP contribution in [0.5, 0.6) is 0 Å². The molecule has 1 aromatic carbocycles. The molecule has 3 rings (SSSR count). The first-order valence-electron chi connectivity index (χ1n) is 8.88. The van der Waals surface area contributed by atoms with Crippen LogP contribution in [0.15, 0.2) is 29.2 Å². The maximum absolute atomic E-state index is 12.8. The van der Waals surface area contributed by atoms with Gasteiger partial charge in [-0.25, -0.2) is 8.42 Å². The smallest absolute Gasteiger partial charge is 0.253 e. The summed E-state index contributed by atoms with van der Waals surface area (Å²) in [5.74, 6) is 0.496. The Balaban J connectivity index is 1.76. The fourth-order valence-corrected chi connectivity index (χ4v) is 5.13. The number of nitrogens with zero attached hydrogens (tertiary/aromatic N) is 2. The second kappa shape index (κ2) is 7.43. The van der Waals surface area contributed by atoms with Gasteiger partial charge in [-0.3, -0.25) is 4.79 Å². The van der Waals surface area contributed by atoms with Gasteiger partial charge in [-0.1, -0.05) is 6.92 Å². The van der Waals surface area contributed by atoms with Crippen LogP contribution in [0.1, 0.15) is 37.0 Å². The second-order valence-electron chi connectivity index (χ2n) is 7.06. The van der Waals surface area contributed by atoms with Crippen LogP contribution in [-0.4, -0.2) is 62.4 Å². The summed E-state index contributed by atoms with van der Waals surface area (Å²) in [7, 11) is -3.56. The van der Waals surface area contributed by atoms with Gasteiger partial charge in [0.2, 0.25) is 10.0 Å². The summed E-state index contributed by atoms with van der Waals surface area (Å²) < 4.78 is 32.4. The average molecular weight is 366 g/mol. The molecule has 0 bridgehead atoms. The maximum atomic E-state index is 12.8. The first-order chi connectivity index (χ1) is 11.9. The number of amides is 1. The molecule has 7 heteroatoms. The molecule has 0 saturated carbocycles. The molecule has 2 atom stereocenters. The number of sulfonamides is 1. The van der Waals surface area contributed by atoms with E-state index in [1.54, 1.807) is 12.1 Å². The molecule has 0 spiro atoms. The van der Waals surface area contributed by atoms with Crippen molar-refractivity contribution < 1.29 is 17.9 Å². The molecule has 0 aliphatic carbocycles. The molecule has 6 nitrogen and oxygen atoms in total. The Morgan fingerprint density at radius 1 is 1.16 bits per heavy atom. The van der Waals surface area contributed by atoms with Crippen molar-refractivity contribution in [3.05, 3.63) is 29.8 Å². The molecule has 0 aromatic heterocycles. The molecule has 25 heavy (non-hydrogen) atoms. The zero-order valence-corrected chi connectivity index (χ0v) is 15.7. The number of carbonyl (C=O) groups excluding carboxylic acids is 1. The first-order valence-corrected chi connectivity index (χ1v) is 10.3. The van der Waals surface area contributed by atoms with Gasteiger partial charge in [0.25, 0.3) is 5.91 Å². The summed E-state index contributed by atoms with van der Waals surface area (Å²) in [4.78, 5) is 14.7. The van der Waals surface area contributed by atoms with Gasteiger partial charge >= 0.3 is 0 Å². The van der Waals surface area contributed by atoms with Crippen LogP contribution in [0.4, 0.5) is 0 Å². The van der Waals surface area contributed by atoms with Gasteiger partial charge in [0, 0.05) is 31.2 Å². The zero-order chi connectivity index (χ0) is 18.0. The SMILES string of the molecule is CC1CCCN(C(=O)c2ccc(S(=O)(=O)N3CCOCC3C)cc2)C1. The number of hydrogen-bond donors (Lipinski definition) is 0. The van der Waals surface area contributed by atoms with E-state index in [0.29, 0.717) is 31.2 Å². The molecule has 2 aliphatic heterocycles. The van der Waals surface area contributed by atoms with Gasteiger partial charge in [0.05, 0.1) is 18.1 Å². The van der Waals surface area contributed by atoms with E-state index in [1.165, 1.54) is 16.4 Å². The van der Waals surface area contributed by atoms with E-state index in [9.17, 15) is 13.2 Å². The normalized spacial score (nSPS) is 25.8.